The van der Waals surface area contributed by atoms with Crippen molar-refractivity contribution in [3.8, 4) is 16.3 Å². The Balaban J connectivity index is 1.68. The van der Waals surface area contributed by atoms with Gasteiger partial charge in [0.1, 0.15) is 17.5 Å². The molecule has 0 radical (unpaired) electrons. The summed E-state index contributed by atoms with van der Waals surface area (Å²) in [6.45, 7) is 3.34. The minimum Gasteiger partial charge on any atom is -0.485 e. The molecule has 0 saturated heterocycles. The fourth-order valence-corrected chi connectivity index (χ4v) is 5.24. The van der Waals surface area contributed by atoms with Crippen molar-refractivity contribution < 1.29 is 14.6 Å². The van der Waals surface area contributed by atoms with E-state index in [1.165, 1.54) is 11.3 Å². The summed E-state index contributed by atoms with van der Waals surface area (Å²) in [4.78, 5) is 20.0. The lowest BCUT2D eigenvalue weighted by atomic mass is 10.1. The van der Waals surface area contributed by atoms with Crippen LogP contribution in [0.5, 0.6) is 5.75 Å². The second-order valence-electron chi connectivity index (χ2n) is 8.19. The zero-order valence-electron chi connectivity index (χ0n) is 19.1. The van der Waals surface area contributed by atoms with Crippen molar-refractivity contribution in [1.29, 1.82) is 0 Å². The highest BCUT2D eigenvalue weighted by Crippen LogP contribution is 2.39. The molecule has 0 aliphatic heterocycles. The number of benzene rings is 1. The van der Waals surface area contributed by atoms with Gasteiger partial charge in [0.2, 0.25) is 5.91 Å². The summed E-state index contributed by atoms with van der Waals surface area (Å²) >= 11 is 7.82. The molecule has 7 nitrogen and oxygen atoms in total. The van der Waals surface area contributed by atoms with Gasteiger partial charge in [0.25, 0.3) is 0 Å². The van der Waals surface area contributed by atoms with E-state index in [9.17, 15) is 9.90 Å². The standard InChI is InChI=1S/C25H27ClN4O3S/c1-16(18-5-3-4-6-19(18)26)33-21-11-22(34-23(21)12-24(27)32)20-13-28-25-8-7-17(15-30(20)25)14-29(2)9-10-31/h3-8,11,13,15-16,31H,9-10,12,14H2,1-2H3,(H2,27,32)/t16-/m1/s1. The topological polar surface area (TPSA) is 93.1 Å². The summed E-state index contributed by atoms with van der Waals surface area (Å²) in [7, 11) is 1.97. The van der Waals surface area contributed by atoms with Gasteiger partial charge in [-0.1, -0.05) is 35.9 Å². The molecule has 3 heterocycles. The average molecular weight is 499 g/mol. The Bertz CT molecular complexity index is 1300. The average Bonchev–Trinajstić information content (AvgIpc) is 3.37. The molecule has 0 bridgehead atoms. The summed E-state index contributed by atoms with van der Waals surface area (Å²) in [5.74, 6) is 0.191. The predicted molar refractivity (Wildman–Crippen MR) is 135 cm³/mol. The summed E-state index contributed by atoms with van der Waals surface area (Å²) in [6, 6.07) is 13.5. The smallest absolute Gasteiger partial charge is 0.222 e. The van der Waals surface area contributed by atoms with Crippen LogP contribution in [0.25, 0.3) is 16.2 Å². The number of nitrogens with two attached hydrogens (primary N) is 1. The molecular formula is C25H27ClN4O3S. The summed E-state index contributed by atoms with van der Waals surface area (Å²) in [5, 5.41) is 9.81. The number of carbonyl (C=O) groups excluding carboxylic acids is 1. The van der Waals surface area contributed by atoms with Gasteiger partial charge in [-0.15, -0.1) is 11.3 Å². The highest BCUT2D eigenvalue weighted by molar-refractivity contribution is 7.15. The number of imidazole rings is 1. The van der Waals surface area contributed by atoms with E-state index in [1.54, 1.807) is 0 Å². The van der Waals surface area contributed by atoms with E-state index >= 15 is 0 Å². The van der Waals surface area contributed by atoms with Crippen LogP contribution in [0.3, 0.4) is 0 Å². The molecule has 0 aliphatic rings. The molecule has 0 unspecified atom stereocenters. The number of hydrogen-bond donors (Lipinski definition) is 2. The molecule has 3 aromatic heterocycles. The number of rotatable bonds is 10. The number of aliphatic hydroxyl groups is 1. The van der Waals surface area contributed by atoms with Gasteiger partial charge in [-0.05, 0) is 31.7 Å². The van der Waals surface area contributed by atoms with Crippen LogP contribution >= 0.6 is 22.9 Å². The number of pyridine rings is 1. The monoisotopic (exact) mass is 498 g/mol. The number of fused-ring (bicyclic) bond motifs is 1. The van der Waals surface area contributed by atoms with Gasteiger partial charge in [-0.2, -0.15) is 0 Å². The number of amides is 1. The van der Waals surface area contributed by atoms with Crippen molar-refractivity contribution >= 4 is 34.5 Å². The summed E-state index contributed by atoms with van der Waals surface area (Å²) in [5.41, 5.74) is 9.21. The zero-order valence-corrected chi connectivity index (χ0v) is 20.6. The van der Waals surface area contributed by atoms with Crippen LogP contribution in [0.15, 0.2) is 54.9 Å². The fraction of sp³-hybridized carbons (Fsp3) is 0.280. The molecule has 178 valence electrons. The summed E-state index contributed by atoms with van der Waals surface area (Å²) in [6.07, 6.45) is 3.64. The van der Waals surface area contributed by atoms with E-state index < -0.39 is 5.91 Å². The third-order valence-corrected chi connectivity index (χ3v) is 6.99. The maximum atomic E-state index is 11.8. The van der Waals surface area contributed by atoms with Crippen molar-refractivity contribution in [2.45, 2.75) is 26.0 Å². The number of carbonyl (C=O) groups is 1. The molecule has 34 heavy (non-hydrogen) atoms. The summed E-state index contributed by atoms with van der Waals surface area (Å²) < 4.78 is 8.30. The van der Waals surface area contributed by atoms with Gasteiger partial charge < -0.3 is 15.6 Å². The third-order valence-electron chi connectivity index (χ3n) is 5.51. The van der Waals surface area contributed by atoms with Crippen LogP contribution in [0.4, 0.5) is 0 Å². The number of thiophene rings is 1. The highest BCUT2D eigenvalue weighted by atomic mass is 35.5. The van der Waals surface area contributed by atoms with E-state index in [1.807, 2.05) is 73.2 Å². The predicted octanol–water partition coefficient (Wildman–Crippen LogP) is 4.31. The first kappa shape index (κ1) is 24.2. The maximum Gasteiger partial charge on any atom is 0.222 e. The number of halogens is 1. The molecule has 4 aromatic rings. The molecule has 0 fully saturated rings. The lowest BCUT2D eigenvalue weighted by Gasteiger charge is -2.16. The van der Waals surface area contributed by atoms with Crippen molar-refractivity contribution in [2.24, 2.45) is 5.73 Å². The second-order valence-corrected chi connectivity index (χ2v) is 9.74. The quantitative estimate of drug-likeness (QED) is 0.340. The van der Waals surface area contributed by atoms with Crippen LogP contribution < -0.4 is 10.5 Å². The molecule has 0 saturated carbocycles. The molecule has 1 atom stereocenters. The third kappa shape index (κ3) is 5.42. The number of primary amides is 1. The van der Waals surface area contributed by atoms with Crippen molar-refractivity contribution in [1.82, 2.24) is 14.3 Å². The molecule has 1 aromatic carbocycles. The lowest BCUT2D eigenvalue weighted by molar-refractivity contribution is -0.117. The Morgan fingerprint density at radius 1 is 1.32 bits per heavy atom. The lowest BCUT2D eigenvalue weighted by Crippen LogP contribution is -2.21. The minimum absolute atomic E-state index is 0.0865. The first-order chi connectivity index (χ1) is 16.4. The molecule has 0 aliphatic carbocycles. The van der Waals surface area contributed by atoms with Gasteiger partial charge in [-0.3, -0.25) is 14.1 Å². The number of likely N-dealkylation sites (N-methyl/N-ethyl adjacent to an activating group) is 1. The SMILES string of the molecule is C[C@@H](Oc1cc(-c2cnc3ccc(CN(C)CCO)cn23)sc1CC(N)=O)c1ccccc1Cl. The van der Waals surface area contributed by atoms with Crippen LogP contribution in [0.2, 0.25) is 5.02 Å². The fourth-order valence-electron chi connectivity index (χ4n) is 3.84. The number of ether oxygens (including phenoxy) is 1. The highest BCUT2D eigenvalue weighted by Gasteiger charge is 2.20. The largest absolute Gasteiger partial charge is 0.485 e. The van der Waals surface area contributed by atoms with E-state index in [2.05, 4.69) is 9.88 Å². The van der Waals surface area contributed by atoms with Crippen LogP contribution in [0, 0.1) is 0 Å². The van der Waals surface area contributed by atoms with Gasteiger partial charge >= 0.3 is 0 Å². The number of aliphatic hydroxyl groups excluding tert-OH is 1. The van der Waals surface area contributed by atoms with E-state index in [-0.39, 0.29) is 19.1 Å². The molecule has 4 rings (SSSR count). The van der Waals surface area contributed by atoms with Gasteiger partial charge in [0.15, 0.2) is 0 Å². The van der Waals surface area contributed by atoms with Crippen LogP contribution in [-0.4, -0.2) is 45.5 Å². The maximum absolute atomic E-state index is 11.8. The molecule has 3 N–H and O–H groups in total. The zero-order chi connectivity index (χ0) is 24.2. The Kier molecular flexibility index (Phi) is 7.53. The van der Waals surface area contributed by atoms with Crippen molar-refractivity contribution in [2.75, 3.05) is 20.2 Å². The van der Waals surface area contributed by atoms with Crippen LogP contribution in [-0.2, 0) is 17.8 Å². The first-order valence-corrected chi connectivity index (χ1v) is 12.1. The molecular weight excluding hydrogens is 472 g/mol. The van der Waals surface area contributed by atoms with Crippen LogP contribution in [0.1, 0.15) is 29.0 Å². The molecule has 0 spiro atoms. The Morgan fingerprint density at radius 2 is 2.12 bits per heavy atom. The van der Waals surface area contributed by atoms with Crippen molar-refractivity contribution in [3.63, 3.8) is 0 Å². The number of nitrogens with zero attached hydrogens (tertiary/aromatic N) is 3. The van der Waals surface area contributed by atoms with Crippen molar-refractivity contribution in [3.05, 3.63) is 75.9 Å². The van der Waals surface area contributed by atoms with Gasteiger partial charge in [0, 0.05) is 35.9 Å². The number of aromatic nitrogens is 2. The number of hydrogen-bond acceptors (Lipinski definition) is 6. The normalized spacial score (nSPS) is 12.4. The Morgan fingerprint density at radius 3 is 2.85 bits per heavy atom. The molecule has 1 amide bonds. The Labute approximate surface area is 207 Å². The Hall–Kier alpha value is -2.91. The second kappa shape index (κ2) is 10.6. The molecule has 9 heteroatoms. The van der Waals surface area contributed by atoms with Gasteiger partial charge in [-0.25, -0.2) is 4.98 Å². The van der Waals surface area contributed by atoms with E-state index in [4.69, 9.17) is 22.1 Å². The van der Waals surface area contributed by atoms with E-state index in [0.29, 0.717) is 23.9 Å². The van der Waals surface area contributed by atoms with Gasteiger partial charge in [0.05, 0.1) is 34.7 Å². The van der Waals surface area contributed by atoms with E-state index in [0.717, 1.165) is 32.2 Å². The first-order valence-electron chi connectivity index (χ1n) is 10.9. The minimum atomic E-state index is -0.420.